The highest BCUT2D eigenvalue weighted by Gasteiger charge is 2.59. The molecule has 0 aromatic carbocycles. The standard InChI is InChI=1S/C21H34O/c1-4-14-9-11-20(2)15(13-14)5-6-16-17-7-8-19(22)21(17,3)12-10-18(16)20/h14-18H,4-13H2,1-3H3/t14-,15?,16?,17?,18?,20-,21-/m0/s1. The monoisotopic (exact) mass is 302 g/mol. The molecule has 1 nitrogen and oxygen atoms in total. The van der Waals surface area contributed by atoms with Crippen LogP contribution in [0.25, 0.3) is 0 Å². The second-order valence-corrected chi connectivity index (χ2v) is 9.62. The van der Waals surface area contributed by atoms with Crippen LogP contribution in [0.2, 0.25) is 0 Å². The summed E-state index contributed by atoms with van der Waals surface area (Å²) in [5.41, 5.74) is 0.659. The summed E-state index contributed by atoms with van der Waals surface area (Å²) in [5.74, 6) is 5.08. The Labute approximate surface area is 136 Å². The van der Waals surface area contributed by atoms with Crippen molar-refractivity contribution < 1.29 is 4.79 Å². The van der Waals surface area contributed by atoms with E-state index in [1.165, 1.54) is 57.8 Å². The van der Waals surface area contributed by atoms with Crippen molar-refractivity contribution in [2.24, 2.45) is 40.4 Å². The normalized spacial score (nSPS) is 54.5. The summed E-state index contributed by atoms with van der Waals surface area (Å²) < 4.78 is 0. The fraction of sp³-hybridized carbons (Fsp3) is 0.952. The molecule has 7 atom stereocenters. The first-order valence-corrected chi connectivity index (χ1v) is 10.0. The molecule has 0 radical (unpaired) electrons. The largest absolute Gasteiger partial charge is 0.299 e. The zero-order chi connectivity index (χ0) is 15.5. The Bertz CT molecular complexity index is 469. The van der Waals surface area contributed by atoms with Crippen molar-refractivity contribution in [3.8, 4) is 0 Å². The van der Waals surface area contributed by atoms with Crippen LogP contribution in [0.15, 0.2) is 0 Å². The number of Topliss-reactive ketones (excluding diaryl/α,β-unsaturated/α-hetero) is 1. The Morgan fingerprint density at radius 1 is 1.00 bits per heavy atom. The van der Waals surface area contributed by atoms with Gasteiger partial charge in [-0.1, -0.05) is 27.2 Å². The summed E-state index contributed by atoms with van der Waals surface area (Å²) in [5, 5.41) is 0. The quantitative estimate of drug-likeness (QED) is 0.614. The second kappa shape index (κ2) is 5.08. The van der Waals surface area contributed by atoms with Crippen molar-refractivity contribution in [1.82, 2.24) is 0 Å². The van der Waals surface area contributed by atoms with E-state index >= 15 is 0 Å². The smallest absolute Gasteiger partial charge is 0.139 e. The van der Waals surface area contributed by atoms with E-state index in [4.69, 9.17) is 0 Å². The minimum absolute atomic E-state index is 0.0605. The van der Waals surface area contributed by atoms with E-state index < -0.39 is 0 Å². The van der Waals surface area contributed by atoms with Gasteiger partial charge in [0.1, 0.15) is 5.78 Å². The molecule has 4 aliphatic carbocycles. The lowest BCUT2D eigenvalue weighted by Crippen LogP contribution is -2.53. The van der Waals surface area contributed by atoms with Gasteiger partial charge in [0.25, 0.3) is 0 Å². The van der Waals surface area contributed by atoms with E-state index in [1.54, 1.807) is 0 Å². The van der Waals surface area contributed by atoms with Crippen LogP contribution < -0.4 is 0 Å². The Morgan fingerprint density at radius 3 is 2.59 bits per heavy atom. The molecule has 0 aromatic heterocycles. The summed E-state index contributed by atoms with van der Waals surface area (Å²) in [6, 6.07) is 0. The molecule has 0 saturated heterocycles. The Hall–Kier alpha value is -0.330. The van der Waals surface area contributed by atoms with Crippen molar-refractivity contribution in [2.45, 2.75) is 85.0 Å². The van der Waals surface area contributed by atoms with Crippen molar-refractivity contribution in [2.75, 3.05) is 0 Å². The van der Waals surface area contributed by atoms with Gasteiger partial charge in [-0.2, -0.15) is 0 Å². The second-order valence-electron chi connectivity index (χ2n) is 9.62. The molecular formula is C21H34O. The third-order valence-electron chi connectivity index (χ3n) is 9.06. The van der Waals surface area contributed by atoms with Crippen LogP contribution in [0.1, 0.15) is 85.0 Å². The molecule has 0 N–H and O–H groups in total. The molecule has 0 heterocycles. The molecule has 0 spiro atoms. The number of rotatable bonds is 1. The van der Waals surface area contributed by atoms with Gasteiger partial charge in [0.05, 0.1) is 0 Å². The van der Waals surface area contributed by atoms with E-state index in [9.17, 15) is 4.79 Å². The molecule has 0 aromatic rings. The minimum atomic E-state index is 0.0605. The van der Waals surface area contributed by atoms with Crippen LogP contribution in [0.5, 0.6) is 0 Å². The third-order valence-corrected chi connectivity index (χ3v) is 9.06. The Balaban J connectivity index is 1.60. The minimum Gasteiger partial charge on any atom is -0.299 e. The van der Waals surface area contributed by atoms with Crippen molar-refractivity contribution in [1.29, 1.82) is 0 Å². The molecule has 1 heteroatoms. The number of hydrogen-bond donors (Lipinski definition) is 0. The fourth-order valence-corrected chi connectivity index (χ4v) is 7.49. The van der Waals surface area contributed by atoms with E-state index in [2.05, 4.69) is 20.8 Å². The fourth-order valence-electron chi connectivity index (χ4n) is 7.49. The maximum absolute atomic E-state index is 12.4. The van der Waals surface area contributed by atoms with E-state index in [-0.39, 0.29) is 5.41 Å². The topological polar surface area (TPSA) is 17.1 Å². The summed E-state index contributed by atoms with van der Waals surface area (Å²) in [6.45, 7) is 7.33. The van der Waals surface area contributed by atoms with E-state index in [0.717, 1.165) is 36.0 Å². The molecular weight excluding hydrogens is 268 g/mol. The van der Waals surface area contributed by atoms with Gasteiger partial charge in [0.15, 0.2) is 0 Å². The molecule has 4 fully saturated rings. The van der Waals surface area contributed by atoms with Crippen LogP contribution >= 0.6 is 0 Å². The first-order chi connectivity index (χ1) is 10.5. The lowest BCUT2D eigenvalue weighted by atomic mass is 9.44. The highest BCUT2D eigenvalue weighted by atomic mass is 16.1. The average Bonchev–Trinajstić information content (AvgIpc) is 2.82. The highest BCUT2D eigenvalue weighted by molar-refractivity contribution is 5.87. The van der Waals surface area contributed by atoms with Crippen molar-refractivity contribution in [3.63, 3.8) is 0 Å². The zero-order valence-corrected chi connectivity index (χ0v) is 14.9. The summed E-state index contributed by atoms with van der Waals surface area (Å²) >= 11 is 0. The summed E-state index contributed by atoms with van der Waals surface area (Å²) in [6.07, 6.45) is 13.3. The number of hydrogen-bond acceptors (Lipinski definition) is 1. The lowest BCUT2D eigenvalue weighted by molar-refractivity contribution is -0.140. The first kappa shape index (κ1) is 15.2. The zero-order valence-electron chi connectivity index (χ0n) is 14.9. The van der Waals surface area contributed by atoms with Gasteiger partial charge in [-0.05, 0) is 86.4 Å². The molecule has 0 amide bonds. The molecule has 4 aliphatic rings. The van der Waals surface area contributed by atoms with Gasteiger partial charge in [0, 0.05) is 11.8 Å². The predicted octanol–water partition coefficient (Wildman–Crippen LogP) is 5.62. The maximum Gasteiger partial charge on any atom is 0.139 e. The number of ketones is 1. The molecule has 4 unspecified atom stereocenters. The maximum atomic E-state index is 12.4. The van der Waals surface area contributed by atoms with Crippen LogP contribution in [-0.2, 0) is 4.79 Å². The van der Waals surface area contributed by atoms with Gasteiger partial charge < -0.3 is 0 Å². The average molecular weight is 303 g/mol. The van der Waals surface area contributed by atoms with Gasteiger partial charge in [-0.15, -0.1) is 0 Å². The number of fused-ring (bicyclic) bond motifs is 5. The number of carbonyl (C=O) groups excluding carboxylic acids is 1. The SMILES string of the molecule is CC[C@H]1CC[C@@]2(C)C(CCC3C2CC[C@]2(C)C(=O)CCC32)C1. The molecule has 4 rings (SSSR count). The Morgan fingerprint density at radius 2 is 1.82 bits per heavy atom. The van der Waals surface area contributed by atoms with Crippen molar-refractivity contribution >= 4 is 5.78 Å². The van der Waals surface area contributed by atoms with Crippen LogP contribution in [-0.4, -0.2) is 5.78 Å². The molecule has 0 bridgehead atoms. The summed E-state index contributed by atoms with van der Waals surface area (Å²) in [4.78, 5) is 12.4. The van der Waals surface area contributed by atoms with Gasteiger partial charge in [0.2, 0.25) is 0 Å². The third kappa shape index (κ3) is 1.93. The number of carbonyl (C=O) groups is 1. The van der Waals surface area contributed by atoms with Crippen molar-refractivity contribution in [3.05, 3.63) is 0 Å². The summed E-state index contributed by atoms with van der Waals surface area (Å²) in [7, 11) is 0. The van der Waals surface area contributed by atoms with Gasteiger partial charge >= 0.3 is 0 Å². The van der Waals surface area contributed by atoms with E-state index in [0.29, 0.717) is 11.2 Å². The lowest BCUT2D eigenvalue weighted by Gasteiger charge is -2.60. The van der Waals surface area contributed by atoms with Crippen LogP contribution in [0.4, 0.5) is 0 Å². The molecule has 0 aliphatic heterocycles. The predicted molar refractivity (Wildman–Crippen MR) is 90.5 cm³/mol. The molecule has 124 valence electrons. The molecule has 22 heavy (non-hydrogen) atoms. The highest BCUT2D eigenvalue weighted by Crippen LogP contribution is 2.65. The first-order valence-electron chi connectivity index (χ1n) is 10.0. The van der Waals surface area contributed by atoms with Gasteiger partial charge in [-0.25, -0.2) is 0 Å². The van der Waals surface area contributed by atoms with E-state index in [1.807, 2.05) is 0 Å². The van der Waals surface area contributed by atoms with Crippen LogP contribution in [0.3, 0.4) is 0 Å². The van der Waals surface area contributed by atoms with Gasteiger partial charge in [-0.3, -0.25) is 4.79 Å². The Kier molecular flexibility index (Phi) is 3.51. The van der Waals surface area contributed by atoms with Crippen LogP contribution in [0, 0.1) is 40.4 Å². The molecule has 4 saturated carbocycles.